The zero-order valence-electron chi connectivity index (χ0n) is 5.20. The number of nitrogens with two attached hydrogens (primary N) is 1. The number of alkyl halides is 1. The molecule has 0 amide bonds. The van der Waals surface area contributed by atoms with Gasteiger partial charge in [-0.3, -0.25) is 0 Å². The molecular weight excluding hydrogens is 136 g/mol. The summed E-state index contributed by atoms with van der Waals surface area (Å²) in [5.74, 6) is 0. The minimum Gasteiger partial charge on any atom is -0.388 e. The first-order valence-corrected chi connectivity index (χ1v) is 3.10. The molecule has 0 aromatic carbocycles. The lowest BCUT2D eigenvalue weighted by Crippen LogP contribution is -2.42. The van der Waals surface area contributed by atoms with Crippen LogP contribution in [-0.4, -0.2) is 42.9 Å². The Kier molecular flexibility index (Phi) is 1.02. The third-order valence-electron chi connectivity index (χ3n) is 2.25. The summed E-state index contributed by atoms with van der Waals surface area (Å²) in [5, 5.41) is 8.95. The molecule has 1 heterocycles. The zero-order valence-corrected chi connectivity index (χ0v) is 5.20. The van der Waals surface area contributed by atoms with Crippen LogP contribution in [0.15, 0.2) is 0 Å². The fourth-order valence-corrected chi connectivity index (χ4v) is 1.41. The average molecular weight is 143 g/mol. The molecule has 0 spiro atoms. The summed E-state index contributed by atoms with van der Waals surface area (Å²) in [7, 11) is 5.16. The number of halogens is 1. The molecule has 10 heavy (non-hydrogen) atoms. The number of aliphatic hydroxyl groups is 1. The van der Waals surface area contributed by atoms with Crippen LogP contribution in [0.1, 0.15) is 0 Å². The zero-order chi connectivity index (χ0) is 7.52. The van der Waals surface area contributed by atoms with Crippen molar-refractivity contribution in [2.45, 2.75) is 29.9 Å². The van der Waals surface area contributed by atoms with Gasteiger partial charge in [-0.1, -0.05) is 0 Å². The summed E-state index contributed by atoms with van der Waals surface area (Å²) in [4.78, 5) is 0. The van der Waals surface area contributed by atoms with E-state index in [0.717, 1.165) is 0 Å². The van der Waals surface area contributed by atoms with E-state index in [2.05, 4.69) is 0 Å². The second-order valence-corrected chi connectivity index (χ2v) is 2.87. The second-order valence-electron chi connectivity index (χ2n) is 2.87. The van der Waals surface area contributed by atoms with Gasteiger partial charge in [0.15, 0.2) is 0 Å². The van der Waals surface area contributed by atoms with Gasteiger partial charge in [0, 0.05) is 6.00 Å². The highest BCUT2D eigenvalue weighted by molar-refractivity contribution is 6.12. The maximum atomic E-state index is 12.9. The quantitative estimate of drug-likeness (QED) is 0.397. The van der Waals surface area contributed by atoms with Crippen LogP contribution >= 0.6 is 0 Å². The number of aliphatic hydroxyl groups excluding tert-OH is 1. The Bertz CT molecular complexity index is 181. The van der Waals surface area contributed by atoms with Crippen molar-refractivity contribution >= 4 is 7.85 Å². The van der Waals surface area contributed by atoms with Crippen molar-refractivity contribution in [1.82, 2.24) is 0 Å². The van der Waals surface area contributed by atoms with Crippen molar-refractivity contribution in [3.05, 3.63) is 0 Å². The van der Waals surface area contributed by atoms with Gasteiger partial charge in [-0.2, -0.15) is 0 Å². The first kappa shape index (κ1) is 6.58. The Labute approximate surface area is 58.8 Å². The maximum absolute atomic E-state index is 12.9. The van der Waals surface area contributed by atoms with Crippen molar-refractivity contribution in [3.63, 3.8) is 0 Å². The van der Waals surface area contributed by atoms with E-state index in [-0.39, 0.29) is 0 Å². The summed E-state index contributed by atoms with van der Waals surface area (Å²) >= 11 is 0. The summed E-state index contributed by atoms with van der Waals surface area (Å²) in [6.45, 7) is 0. The Morgan fingerprint density at radius 3 is 2.60 bits per heavy atom. The molecule has 1 saturated carbocycles. The molecule has 3 N–H and O–H groups in total. The van der Waals surface area contributed by atoms with Crippen LogP contribution < -0.4 is 5.73 Å². The van der Waals surface area contributed by atoms with E-state index in [1.165, 1.54) is 0 Å². The van der Waals surface area contributed by atoms with Crippen molar-refractivity contribution in [2.24, 2.45) is 5.73 Å². The Hall–Kier alpha value is -0.125. The van der Waals surface area contributed by atoms with E-state index in [9.17, 15) is 4.39 Å². The van der Waals surface area contributed by atoms with Crippen LogP contribution in [0.25, 0.3) is 0 Å². The third kappa shape index (κ3) is 0.479. The molecule has 1 saturated heterocycles. The van der Waals surface area contributed by atoms with Gasteiger partial charge in [0.1, 0.15) is 31.8 Å². The molecule has 54 valence electrons. The highest BCUT2D eigenvalue weighted by Gasteiger charge is 2.74. The van der Waals surface area contributed by atoms with E-state index >= 15 is 0 Å². The highest BCUT2D eigenvalue weighted by atomic mass is 19.1. The first-order valence-electron chi connectivity index (χ1n) is 3.10. The van der Waals surface area contributed by atoms with E-state index in [1.54, 1.807) is 0 Å². The van der Waals surface area contributed by atoms with Crippen LogP contribution in [0.4, 0.5) is 4.39 Å². The topological polar surface area (TPSA) is 55.5 Å². The lowest BCUT2D eigenvalue weighted by molar-refractivity contribution is 0.0404. The number of hydrogen-bond donors (Lipinski definition) is 2. The molecule has 1 aliphatic carbocycles. The van der Waals surface area contributed by atoms with E-state index in [4.69, 9.17) is 23.4 Å². The van der Waals surface area contributed by atoms with Crippen molar-refractivity contribution in [2.75, 3.05) is 0 Å². The SMILES string of the molecule is [B][C@@H]1O[C@@H]2C(O)[C@]2(N)[C@H]1F. The van der Waals surface area contributed by atoms with Crippen LogP contribution in [0.2, 0.25) is 0 Å². The summed E-state index contributed by atoms with van der Waals surface area (Å²) in [5.41, 5.74) is 4.19. The minimum absolute atomic E-state index is 0.586. The smallest absolute Gasteiger partial charge is 0.141 e. The van der Waals surface area contributed by atoms with E-state index in [1.807, 2.05) is 0 Å². The second kappa shape index (κ2) is 1.54. The van der Waals surface area contributed by atoms with Crippen LogP contribution in [0, 0.1) is 0 Å². The van der Waals surface area contributed by atoms with Crippen LogP contribution in [0.3, 0.4) is 0 Å². The summed E-state index contributed by atoms with van der Waals surface area (Å²) in [6, 6.07) is -0.960. The molecule has 1 unspecified atom stereocenters. The summed E-state index contributed by atoms with van der Waals surface area (Å²) in [6.07, 6.45) is -2.90. The van der Waals surface area contributed by atoms with Gasteiger partial charge in [0.25, 0.3) is 0 Å². The third-order valence-corrected chi connectivity index (χ3v) is 2.25. The monoisotopic (exact) mass is 143 g/mol. The van der Waals surface area contributed by atoms with Gasteiger partial charge in [0.05, 0.1) is 0 Å². The number of ether oxygens (including phenoxy) is 1. The molecule has 0 aromatic rings. The standard InChI is InChI=1S/C5H7BFNO2/c6-4-1(7)5(8)2(9)3(5)10-4/h1-4,9H,8H2/t1-,2?,3+,4+,5+/m0/s1. The molecule has 2 radical (unpaired) electrons. The van der Waals surface area contributed by atoms with Crippen molar-refractivity contribution < 1.29 is 14.2 Å². The predicted octanol–water partition coefficient (Wildman–Crippen LogP) is -1.71. The van der Waals surface area contributed by atoms with Gasteiger partial charge in [-0.05, 0) is 0 Å². The Morgan fingerprint density at radius 2 is 2.30 bits per heavy atom. The normalized spacial score (nSPS) is 65.9. The van der Waals surface area contributed by atoms with Crippen molar-refractivity contribution in [3.8, 4) is 0 Å². The van der Waals surface area contributed by atoms with Gasteiger partial charge in [-0.15, -0.1) is 0 Å². The lowest BCUT2D eigenvalue weighted by Gasteiger charge is -2.14. The molecule has 2 fully saturated rings. The average Bonchev–Trinajstić information content (AvgIpc) is 2.29. The maximum Gasteiger partial charge on any atom is 0.141 e. The van der Waals surface area contributed by atoms with Gasteiger partial charge in [-0.25, -0.2) is 4.39 Å². The Balaban J connectivity index is 2.20. The fourth-order valence-electron chi connectivity index (χ4n) is 1.41. The van der Waals surface area contributed by atoms with Gasteiger partial charge >= 0.3 is 0 Å². The number of fused-ring (bicyclic) bond motifs is 1. The largest absolute Gasteiger partial charge is 0.388 e. The van der Waals surface area contributed by atoms with E-state index < -0.39 is 29.9 Å². The summed E-state index contributed by atoms with van der Waals surface area (Å²) < 4.78 is 17.6. The highest BCUT2D eigenvalue weighted by Crippen LogP contribution is 2.48. The van der Waals surface area contributed by atoms with E-state index in [0.29, 0.717) is 0 Å². The molecule has 5 atom stereocenters. The predicted molar refractivity (Wildman–Crippen MR) is 32.2 cm³/mol. The fraction of sp³-hybridized carbons (Fsp3) is 1.00. The lowest BCUT2D eigenvalue weighted by atomic mass is 9.91. The number of hydrogen-bond acceptors (Lipinski definition) is 3. The molecule has 0 aromatic heterocycles. The molecule has 2 aliphatic rings. The first-order chi connectivity index (χ1) is 4.58. The van der Waals surface area contributed by atoms with Crippen molar-refractivity contribution in [1.29, 1.82) is 0 Å². The molecule has 5 heteroatoms. The number of rotatable bonds is 0. The molecule has 1 aliphatic heterocycles. The Morgan fingerprint density at radius 1 is 1.70 bits per heavy atom. The van der Waals surface area contributed by atoms with Crippen LogP contribution in [-0.2, 0) is 4.74 Å². The van der Waals surface area contributed by atoms with Crippen LogP contribution in [0.5, 0.6) is 0 Å². The molecular formula is C5H7BFNO2. The molecule has 0 bridgehead atoms. The molecule has 3 nitrogen and oxygen atoms in total. The molecule has 2 rings (SSSR count). The minimum atomic E-state index is -1.44. The van der Waals surface area contributed by atoms with Gasteiger partial charge < -0.3 is 15.6 Å². The van der Waals surface area contributed by atoms with Gasteiger partial charge in [0.2, 0.25) is 0 Å².